The fraction of sp³-hybridized carbons (Fsp3) is 0.429. The molecule has 0 radical (unpaired) electrons. The van der Waals surface area contributed by atoms with Crippen molar-refractivity contribution < 1.29 is 87.2 Å². The van der Waals surface area contributed by atoms with Gasteiger partial charge in [-0.25, -0.2) is 26.8 Å². The lowest BCUT2D eigenvalue weighted by Gasteiger charge is -2.15. The van der Waals surface area contributed by atoms with Gasteiger partial charge in [-0.2, -0.15) is 31.1 Å². The molecule has 0 bridgehead atoms. The number of halogens is 8. The van der Waals surface area contributed by atoms with Gasteiger partial charge in [-0.15, -0.1) is 11.3 Å². The maximum Gasteiger partial charge on any atom is 0.490 e. The molecule has 0 saturated heterocycles. The summed E-state index contributed by atoms with van der Waals surface area (Å²) in [7, 11) is -9.22. The zero-order valence-electron chi connectivity index (χ0n) is 24.7. The molecule has 0 amide bonds. The summed E-state index contributed by atoms with van der Waals surface area (Å²) < 4.78 is 142. The van der Waals surface area contributed by atoms with E-state index in [2.05, 4.69) is 9.98 Å². The molecule has 0 unspecified atom stereocenters. The second-order valence-corrected chi connectivity index (χ2v) is 13.4. The summed E-state index contributed by atoms with van der Waals surface area (Å²) >= 11 is 0.347. The van der Waals surface area contributed by atoms with Gasteiger partial charge in [-0.3, -0.25) is 14.5 Å². The second-order valence-electron chi connectivity index (χ2n) is 8.69. The molecule has 18 nitrogen and oxygen atoms in total. The Morgan fingerprint density at radius 3 is 1.56 bits per heavy atom. The first-order valence-electron chi connectivity index (χ1n) is 12.6. The summed E-state index contributed by atoms with van der Waals surface area (Å²) in [5.74, 6) is -9.21. The normalized spacial score (nSPS) is 11.7. The molecule has 1 aromatic heterocycles. The van der Waals surface area contributed by atoms with Gasteiger partial charge in [-0.1, -0.05) is 0 Å². The molecule has 2 aromatic rings. The van der Waals surface area contributed by atoms with Crippen LogP contribution in [-0.4, -0.2) is 97.2 Å². The van der Waals surface area contributed by atoms with Crippen molar-refractivity contribution in [1.29, 1.82) is 0 Å². The van der Waals surface area contributed by atoms with Crippen LogP contribution < -0.4 is 37.1 Å². The van der Waals surface area contributed by atoms with E-state index in [-0.39, 0.29) is 51.1 Å². The number of fused-ring (bicyclic) bond motifs is 1. The molecule has 1 aromatic carbocycles. The minimum absolute atomic E-state index is 0.136. The first-order chi connectivity index (χ1) is 22.6. The number of aliphatic imine (C=N–C) groups is 2. The van der Waals surface area contributed by atoms with Crippen LogP contribution in [0.1, 0.15) is 12.8 Å². The highest BCUT2D eigenvalue weighted by Crippen LogP contribution is 2.44. The number of carboxylic acids is 2. The summed E-state index contributed by atoms with van der Waals surface area (Å²) in [4.78, 5) is 43.1. The summed E-state index contributed by atoms with van der Waals surface area (Å²) in [5, 5.41) is 13.8. The lowest BCUT2D eigenvalue weighted by Crippen LogP contribution is -2.23. The highest BCUT2D eigenvalue weighted by molar-refractivity contribution is 7.92. The second kappa shape index (κ2) is 19.2. The van der Waals surface area contributed by atoms with Gasteiger partial charge in [0, 0.05) is 31.3 Å². The monoisotopic (exact) mass is 801 g/mol. The Morgan fingerprint density at radius 2 is 1.22 bits per heavy atom. The van der Waals surface area contributed by atoms with Crippen molar-refractivity contribution in [1.82, 2.24) is 4.72 Å². The summed E-state index contributed by atoms with van der Waals surface area (Å²) in [6.45, 7) is 0.0248. The molecule has 0 fully saturated rings. The molecule has 13 N–H and O–H groups in total. The van der Waals surface area contributed by atoms with Gasteiger partial charge in [0.05, 0.1) is 17.9 Å². The highest BCUT2D eigenvalue weighted by Gasteiger charge is 2.39. The van der Waals surface area contributed by atoms with E-state index in [9.17, 15) is 39.3 Å². The largest absolute Gasteiger partial charge is 0.490 e. The molecule has 0 aliphatic rings. The number of aliphatic carboxylic acids is 2. The third kappa shape index (κ3) is 16.9. The Morgan fingerprint density at radius 1 is 0.840 bits per heavy atom. The predicted octanol–water partition coefficient (Wildman–Crippen LogP) is 0.944. The molecule has 2 rings (SSSR count). The van der Waals surface area contributed by atoms with Gasteiger partial charge < -0.3 is 52.4 Å². The van der Waals surface area contributed by atoms with Crippen molar-refractivity contribution in [2.45, 2.75) is 29.4 Å². The molecular weight excluding hydrogens is 773 g/mol. The Labute approximate surface area is 278 Å². The van der Waals surface area contributed by atoms with Crippen LogP contribution in [0.2, 0.25) is 0 Å². The zero-order chi connectivity index (χ0) is 39.3. The number of nitrogens with one attached hydrogen (secondary N) is 1. The molecule has 0 saturated carbocycles. The average molecular weight is 802 g/mol. The van der Waals surface area contributed by atoms with Crippen LogP contribution in [0.15, 0.2) is 20.3 Å². The van der Waals surface area contributed by atoms with Crippen LogP contribution in [0.3, 0.4) is 0 Å². The quantitative estimate of drug-likeness (QED) is 0.0422. The molecule has 29 heteroatoms. The Hall–Kier alpha value is -4.24. The topological polar surface area (TPSA) is 326 Å². The van der Waals surface area contributed by atoms with Crippen molar-refractivity contribution in [2.75, 3.05) is 32.6 Å². The molecule has 0 aliphatic carbocycles. The lowest BCUT2D eigenvalue weighted by molar-refractivity contribution is -0.193. The minimum Gasteiger partial charge on any atom is -0.487 e. The minimum atomic E-state index is -5.08. The SMILES string of the molecule is NC(N)=NCCCOc1c(OCCCN=C(N)N)c(F)c2sc(S(=O)(=O)NCP(=O)(O)O)cc2c1F.O=C(O)C(F)(F)F.O=C(O)C(F)(F)F. The van der Waals surface area contributed by atoms with Gasteiger partial charge in [0.1, 0.15) is 10.5 Å². The van der Waals surface area contributed by atoms with E-state index >= 15 is 8.78 Å². The van der Waals surface area contributed by atoms with E-state index in [4.69, 9.17) is 62.0 Å². The van der Waals surface area contributed by atoms with Gasteiger partial charge in [0.2, 0.25) is 11.5 Å². The van der Waals surface area contributed by atoms with Crippen LogP contribution in [-0.2, 0) is 24.2 Å². The van der Waals surface area contributed by atoms with E-state index in [1.165, 1.54) is 0 Å². The third-order valence-corrected chi connectivity index (χ3v) is 8.43. The first kappa shape index (κ1) is 45.8. The van der Waals surface area contributed by atoms with Crippen molar-refractivity contribution in [3.63, 3.8) is 0 Å². The highest BCUT2D eigenvalue weighted by atomic mass is 32.2. The van der Waals surface area contributed by atoms with E-state index in [1.54, 1.807) is 4.72 Å². The Bertz CT molecular complexity index is 1600. The maximum absolute atomic E-state index is 15.4. The number of carbonyl (C=O) groups is 2. The first-order valence-corrected chi connectivity index (χ1v) is 16.7. The van der Waals surface area contributed by atoms with E-state index in [1.807, 2.05) is 0 Å². The van der Waals surface area contributed by atoms with Gasteiger partial charge >= 0.3 is 31.9 Å². The van der Waals surface area contributed by atoms with Crippen LogP contribution in [0.4, 0.5) is 35.1 Å². The third-order valence-electron chi connectivity index (χ3n) is 4.65. The summed E-state index contributed by atoms with van der Waals surface area (Å²) in [6, 6.07) is 0.829. The molecule has 286 valence electrons. The van der Waals surface area contributed by atoms with Gasteiger partial charge in [0.15, 0.2) is 23.6 Å². The van der Waals surface area contributed by atoms with E-state index in [0.717, 1.165) is 6.07 Å². The number of hydrogen-bond donors (Lipinski definition) is 9. The fourth-order valence-corrected chi connectivity index (χ4v) is 6.10. The van der Waals surface area contributed by atoms with E-state index < -0.39 is 85.6 Å². The molecular formula is C21H28F8N7O11PS2. The van der Waals surface area contributed by atoms with Crippen LogP contribution in [0.5, 0.6) is 11.5 Å². The number of rotatable bonds is 14. The van der Waals surface area contributed by atoms with Gasteiger partial charge in [-0.05, 0) is 6.07 Å². The zero-order valence-corrected chi connectivity index (χ0v) is 27.2. The van der Waals surface area contributed by atoms with Gasteiger partial charge in [0.25, 0.3) is 10.0 Å². The van der Waals surface area contributed by atoms with Crippen LogP contribution >= 0.6 is 18.9 Å². The fourth-order valence-electron chi connectivity index (χ4n) is 2.64. The number of sulfonamides is 1. The number of nitrogens with two attached hydrogens (primary N) is 4. The Kier molecular flexibility index (Phi) is 17.6. The number of hydrogen-bond acceptors (Lipinski definition) is 10. The summed E-state index contributed by atoms with van der Waals surface area (Å²) in [5.41, 5.74) is 20.9. The molecule has 1 heterocycles. The number of ether oxygens (including phenoxy) is 2. The smallest absolute Gasteiger partial charge is 0.487 e. The molecule has 50 heavy (non-hydrogen) atoms. The maximum atomic E-state index is 15.4. The number of benzene rings is 1. The van der Waals surface area contributed by atoms with Crippen molar-refractivity contribution in [3.8, 4) is 11.5 Å². The number of guanidine groups is 2. The number of nitrogens with zero attached hydrogens (tertiary/aromatic N) is 2. The van der Waals surface area contributed by atoms with Crippen molar-refractivity contribution in [2.24, 2.45) is 32.9 Å². The summed E-state index contributed by atoms with van der Waals surface area (Å²) in [6.07, 6.45) is -10.9. The lowest BCUT2D eigenvalue weighted by atomic mass is 10.2. The number of alkyl halides is 6. The Balaban J connectivity index is 0.00000143. The van der Waals surface area contributed by atoms with Crippen molar-refractivity contribution >= 4 is 62.9 Å². The number of thiophene rings is 1. The average Bonchev–Trinajstić information content (AvgIpc) is 3.42. The van der Waals surface area contributed by atoms with Crippen LogP contribution in [0, 0.1) is 11.6 Å². The standard InChI is InChI=1S/C17H26F2N7O7PS2.2C2HF3O2/c18-11-9-7-10(36(30,31)26-8-34(27,28)29)35-15(9)12(19)14(33-6-2-4-25-17(22)23)13(11)32-5-1-3-24-16(20)21;2*3-2(4,5)1(6)7/h7,26H,1-6,8H2,(H4,20,21,24)(H4,22,23,25)(H2,27,28,29);2*(H,6,7). The molecule has 0 atom stereocenters. The molecule has 0 spiro atoms. The number of carboxylic acid groups (broad SMARTS) is 2. The van der Waals surface area contributed by atoms with E-state index in [0.29, 0.717) is 11.3 Å². The molecule has 0 aliphatic heterocycles. The van der Waals surface area contributed by atoms with Crippen molar-refractivity contribution in [3.05, 3.63) is 17.7 Å². The predicted molar refractivity (Wildman–Crippen MR) is 158 cm³/mol. The van der Waals surface area contributed by atoms with Crippen LogP contribution in [0.25, 0.3) is 10.1 Å².